The van der Waals surface area contributed by atoms with E-state index >= 15 is 0 Å². The fourth-order valence-electron chi connectivity index (χ4n) is 3.04. The maximum atomic E-state index is 12.6. The molecule has 0 aliphatic carbocycles. The number of amides is 2. The number of hydrogen-bond donors (Lipinski definition) is 0. The minimum absolute atomic E-state index is 0.00723. The summed E-state index contributed by atoms with van der Waals surface area (Å²) in [7, 11) is 1.58. The lowest BCUT2D eigenvalue weighted by molar-refractivity contribution is -0.134. The van der Waals surface area contributed by atoms with Crippen molar-refractivity contribution in [2.75, 3.05) is 39.9 Å². The van der Waals surface area contributed by atoms with Crippen molar-refractivity contribution in [3.05, 3.63) is 59.7 Å². The van der Waals surface area contributed by atoms with Crippen LogP contribution in [0.1, 0.15) is 15.9 Å². The normalized spacial score (nSPS) is 14.0. The van der Waals surface area contributed by atoms with Crippen LogP contribution in [0.5, 0.6) is 11.5 Å². The van der Waals surface area contributed by atoms with Gasteiger partial charge in [-0.1, -0.05) is 18.2 Å². The molecule has 0 unspecified atom stereocenters. The van der Waals surface area contributed by atoms with Gasteiger partial charge in [-0.25, -0.2) is 0 Å². The van der Waals surface area contributed by atoms with Crippen molar-refractivity contribution in [2.24, 2.45) is 0 Å². The predicted octanol–water partition coefficient (Wildman–Crippen LogP) is 2.37. The van der Waals surface area contributed by atoms with E-state index in [1.807, 2.05) is 37.3 Å². The van der Waals surface area contributed by atoms with Crippen molar-refractivity contribution >= 4 is 11.8 Å². The fourth-order valence-corrected chi connectivity index (χ4v) is 3.04. The molecule has 1 saturated heterocycles. The van der Waals surface area contributed by atoms with Gasteiger partial charge in [0.1, 0.15) is 11.5 Å². The Labute approximate surface area is 159 Å². The molecule has 27 heavy (non-hydrogen) atoms. The number of aryl methyl sites for hydroxylation is 1. The number of carbonyl (C=O) groups excluding carboxylic acids is 2. The van der Waals surface area contributed by atoms with E-state index in [0.29, 0.717) is 43.2 Å². The Morgan fingerprint density at radius 2 is 1.59 bits per heavy atom. The molecule has 2 aromatic rings. The van der Waals surface area contributed by atoms with Crippen LogP contribution in [0.15, 0.2) is 48.5 Å². The van der Waals surface area contributed by atoms with E-state index < -0.39 is 0 Å². The summed E-state index contributed by atoms with van der Waals surface area (Å²) < 4.78 is 10.8. The summed E-state index contributed by atoms with van der Waals surface area (Å²) in [5.74, 6) is 1.24. The summed E-state index contributed by atoms with van der Waals surface area (Å²) in [5, 5.41) is 0. The van der Waals surface area contributed by atoms with E-state index in [2.05, 4.69) is 0 Å². The van der Waals surface area contributed by atoms with Gasteiger partial charge in [0.25, 0.3) is 11.8 Å². The van der Waals surface area contributed by atoms with E-state index in [9.17, 15) is 9.59 Å². The molecule has 0 spiro atoms. The molecular formula is C21H24N2O4. The zero-order valence-electron chi connectivity index (χ0n) is 15.7. The van der Waals surface area contributed by atoms with Crippen LogP contribution < -0.4 is 9.47 Å². The van der Waals surface area contributed by atoms with Crippen LogP contribution in [0.2, 0.25) is 0 Å². The highest BCUT2D eigenvalue weighted by molar-refractivity contribution is 5.94. The molecule has 0 bridgehead atoms. The lowest BCUT2D eigenvalue weighted by Gasteiger charge is -2.34. The molecule has 0 atom stereocenters. The quantitative estimate of drug-likeness (QED) is 0.813. The van der Waals surface area contributed by atoms with E-state index in [1.54, 1.807) is 35.1 Å². The monoisotopic (exact) mass is 368 g/mol. The third-order valence-corrected chi connectivity index (χ3v) is 4.59. The molecule has 1 heterocycles. The molecule has 6 heteroatoms. The molecule has 0 radical (unpaired) electrons. The van der Waals surface area contributed by atoms with Crippen LogP contribution in [0.4, 0.5) is 0 Å². The highest BCUT2D eigenvalue weighted by atomic mass is 16.5. The summed E-state index contributed by atoms with van der Waals surface area (Å²) in [5.41, 5.74) is 1.68. The third kappa shape index (κ3) is 4.78. The Kier molecular flexibility index (Phi) is 5.96. The molecular weight excluding hydrogens is 344 g/mol. The second-order valence-corrected chi connectivity index (χ2v) is 6.51. The standard InChI is InChI=1S/C21H24N2O4/c1-16-5-3-8-19(13-16)27-15-20(24)22-9-11-23(12-10-22)21(25)17-6-4-7-18(14-17)26-2/h3-8,13-14H,9-12,15H2,1-2H3. The molecule has 0 saturated carbocycles. The number of methoxy groups -OCH3 is 1. The maximum Gasteiger partial charge on any atom is 0.260 e. The Hall–Kier alpha value is -3.02. The van der Waals surface area contributed by atoms with E-state index in [-0.39, 0.29) is 18.4 Å². The summed E-state index contributed by atoms with van der Waals surface area (Å²) in [6.45, 7) is 4.01. The average molecular weight is 368 g/mol. The van der Waals surface area contributed by atoms with Crippen LogP contribution in [0, 0.1) is 6.92 Å². The smallest absolute Gasteiger partial charge is 0.260 e. The van der Waals surface area contributed by atoms with Crippen molar-refractivity contribution in [1.29, 1.82) is 0 Å². The summed E-state index contributed by atoms with van der Waals surface area (Å²) in [6.07, 6.45) is 0. The van der Waals surface area contributed by atoms with Crippen LogP contribution in [0.25, 0.3) is 0 Å². The number of rotatable bonds is 5. The van der Waals surface area contributed by atoms with Gasteiger partial charge in [-0.15, -0.1) is 0 Å². The highest BCUT2D eigenvalue weighted by Crippen LogP contribution is 2.16. The van der Waals surface area contributed by atoms with Crippen molar-refractivity contribution in [2.45, 2.75) is 6.92 Å². The number of ether oxygens (including phenoxy) is 2. The molecule has 0 N–H and O–H groups in total. The Morgan fingerprint density at radius 1 is 0.926 bits per heavy atom. The Bertz CT molecular complexity index is 813. The molecule has 3 rings (SSSR count). The van der Waals surface area contributed by atoms with Crippen LogP contribution >= 0.6 is 0 Å². The van der Waals surface area contributed by atoms with Gasteiger partial charge in [-0.05, 0) is 42.8 Å². The molecule has 6 nitrogen and oxygen atoms in total. The molecule has 1 aliphatic rings. The topological polar surface area (TPSA) is 59.1 Å². The van der Waals surface area contributed by atoms with Gasteiger partial charge in [0, 0.05) is 31.7 Å². The van der Waals surface area contributed by atoms with Crippen molar-refractivity contribution in [3.8, 4) is 11.5 Å². The van der Waals surface area contributed by atoms with E-state index in [1.165, 1.54) is 0 Å². The van der Waals surface area contributed by atoms with Gasteiger partial charge in [0.15, 0.2) is 6.61 Å². The number of piperazine rings is 1. The fraction of sp³-hybridized carbons (Fsp3) is 0.333. The number of hydrogen-bond acceptors (Lipinski definition) is 4. The summed E-state index contributed by atoms with van der Waals surface area (Å²) in [4.78, 5) is 28.5. The lowest BCUT2D eigenvalue weighted by Crippen LogP contribution is -2.51. The number of benzene rings is 2. The first-order chi connectivity index (χ1) is 13.1. The average Bonchev–Trinajstić information content (AvgIpc) is 2.71. The molecule has 2 aromatic carbocycles. The van der Waals surface area contributed by atoms with Crippen molar-refractivity contribution in [1.82, 2.24) is 9.80 Å². The second-order valence-electron chi connectivity index (χ2n) is 6.51. The van der Waals surface area contributed by atoms with Gasteiger partial charge in [-0.2, -0.15) is 0 Å². The first-order valence-electron chi connectivity index (χ1n) is 8.97. The zero-order chi connectivity index (χ0) is 19.2. The number of nitrogens with zero attached hydrogens (tertiary/aromatic N) is 2. The molecule has 1 fully saturated rings. The van der Waals surface area contributed by atoms with Crippen LogP contribution in [-0.2, 0) is 4.79 Å². The largest absolute Gasteiger partial charge is 0.497 e. The Balaban J connectivity index is 1.50. The van der Waals surface area contributed by atoms with Gasteiger partial charge in [0.05, 0.1) is 7.11 Å². The highest BCUT2D eigenvalue weighted by Gasteiger charge is 2.25. The molecule has 0 aromatic heterocycles. The van der Waals surface area contributed by atoms with Crippen molar-refractivity contribution < 1.29 is 19.1 Å². The zero-order valence-corrected chi connectivity index (χ0v) is 15.7. The van der Waals surface area contributed by atoms with Gasteiger partial charge in [-0.3, -0.25) is 9.59 Å². The van der Waals surface area contributed by atoms with E-state index in [0.717, 1.165) is 5.56 Å². The third-order valence-electron chi connectivity index (χ3n) is 4.59. The first kappa shape index (κ1) is 18.8. The van der Waals surface area contributed by atoms with Crippen LogP contribution in [0.3, 0.4) is 0 Å². The predicted molar refractivity (Wildman–Crippen MR) is 102 cm³/mol. The minimum Gasteiger partial charge on any atom is -0.497 e. The lowest BCUT2D eigenvalue weighted by atomic mass is 10.1. The molecule has 1 aliphatic heterocycles. The second kappa shape index (κ2) is 8.58. The van der Waals surface area contributed by atoms with Gasteiger partial charge >= 0.3 is 0 Å². The summed E-state index contributed by atoms with van der Waals surface area (Å²) >= 11 is 0. The SMILES string of the molecule is COc1cccc(C(=O)N2CCN(C(=O)COc3cccc(C)c3)CC2)c1. The Morgan fingerprint density at radius 3 is 2.30 bits per heavy atom. The van der Waals surface area contributed by atoms with E-state index in [4.69, 9.17) is 9.47 Å². The van der Waals surface area contributed by atoms with Crippen molar-refractivity contribution in [3.63, 3.8) is 0 Å². The minimum atomic E-state index is -0.0648. The molecule has 2 amide bonds. The first-order valence-corrected chi connectivity index (χ1v) is 8.97. The number of carbonyl (C=O) groups is 2. The molecule has 142 valence electrons. The maximum absolute atomic E-state index is 12.6. The van der Waals surface area contributed by atoms with Gasteiger partial charge in [0.2, 0.25) is 0 Å². The van der Waals surface area contributed by atoms with Crippen LogP contribution in [-0.4, -0.2) is 61.5 Å². The van der Waals surface area contributed by atoms with Gasteiger partial charge < -0.3 is 19.3 Å². The summed E-state index contributed by atoms with van der Waals surface area (Å²) in [6, 6.07) is 14.7.